The van der Waals surface area contributed by atoms with Gasteiger partial charge < -0.3 is 10.5 Å². The van der Waals surface area contributed by atoms with E-state index in [2.05, 4.69) is 4.74 Å². The lowest BCUT2D eigenvalue weighted by atomic mass is 10.1. The summed E-state index contributed by atoms with van der Waals surface area (Å²) in [6, 6.07) is 2.03. The minimum Gasteiger partial charge on any atom is -0.406 e. The molecule has 0 spiro atoms. The minimum atomic E-state index is -4.78. The summed E-state index contributed by atoms with van der Waals surface area (Å²) in [5.41, 5.74) is 5.35. The molecule has 0 amide bonds. The number of hydrogen-bond acceptors (Lipinski definition) is 2. The standard InChI is InChI=1S/C9H9F4NO/c1-5(14)7-4-6(2-3-8(7)10)15-9(11,12)13/h2-5H,14H2,1H3. The van der Waals surface area contributed by atoms with E-state index in [4.69, 9.17) is 5.73 Å². The van der Waals surface area contributed by atoms with E-state index < -0.39 is 24.0 Å². The Balaban J connectivity index is 2.98. The van der Waals surface area contributed by atoms with Gasteiger partial charge in [0.25, 0.3) is 0 Å². The van der Waals surface area contributed by atoms with Crippen molar-refractivity contribution in [3.63, 3.8) is 0 Å². The number of halogens is 4. The first-order valence-electron chi connectivity index (χ1n) is 4.10. The molecule has 1 aromatic rings. The van der Waals surface area contributed by atoms with Crippen LogP contribution in [0.2, 0.25) is 0 Å². The van der Waals surface area contributed by atoms with Gasteiger partial charge >= 0.3 is 6.36 Å². The van der Waals surface area contributed by atoms with Gasteiger partial charge in [0.15, 0.2) is 0 Å². The van der Waals surface area contributed by atoms with Crippen LogP contribution in [0.5, 0.6) is 5.75 Å². The molecule has 2 N–H and O–H groups in total. The number of rotatable bonds is 2. The SMILES string of the molecule is CC(N)c1cc(OC(F)(F)F)ccc1F. The molecule has 0 aromatic heterocycles. The molecule has 0 aliphatic rings. The summed E-state index contributed by atoms with van der Waals surface area (Å²) in [6.07, 6.45) is -4.78. The average molecular weight is 223 g/mol. The fraction of sp³-hybridized carbons (Fsp3) is 0.333. The van der Waals surface area contributed by atoms with Gasteiger partial charge in [0.05, 0.1) is 0 Å². The Morgan fingerprint density at radius 2 is 1.93 bits per heavy atom. The molecule has 0 heterocycles. The lowest BCUT2D eigenvalue weighted by Gasteiger charge is -2.12. The van der Waals surface area contributed by atoms with E-state index in [1.165, 1.54) is 6.92 Å². The zero-order valence-corrected chi connectivity index (χ0v) is 7.81. The van der Waals surface area contributed by atoms with Crippen molar-refractivity contribution >= 4 is 0 Å². The first-order valence-corrected chi connectivity index (χ1v) is 4.10. The van der Waals surface area contributed by atoms with Crippen LogP contribution in [0.4, 0.5) is 17.6 Å². The maximum Gasteiger partial charge on any atom is 0.573 e. The van der Waals surface area contributed by atoms with E-state index >= 15 is 0 Å². The van der Waals surface area contributed by atoms with Crippen molar-refractivity contribution in [1.29, 1.82) is 0 Å². The molecule has 15 heavy (non-hydrogen) atoms. The van der Waals surface area contributed by atoms with Crippen LogP contribution in [0.3, 0.4) is 0 Å². The van der Waals surface area contributed by atoms with Crippen LogP contribution in [0.1, 0.15) is 18.5 Å². The van der Waals surface area contributed by atoms with Gasteiger partial charge in [-0.2, -0.15) is 0 Å². The molecular weight excluding hydrogens is 214 g/mol. The maximum absolute atomic E-state index is 13.0. The fourth-order valence-electron chi connectivity index (χ4n) is 1.07. The van der Waals surface area contributed by atoms with Gasteiger partial charge in [0.1, 0.15) is 11.6 Å². The Bertz CT molecular complexity index is 348. The Labute approximate surface area is 83.6 Å². The molecule has 1 atom stereocenters. The number of alkyl halides is 3. The number of nitrogens with two attached hydrogens (primary N) is 1. The second-order valence-electron chi connectivity index (χ2n) is 3.02. The molecule has 2 nitrogen and oxygen atoms in total. The second-order valence-corrected chi connectivity index (χ2v) is 3.02. The fourth-order valence-corrected chi connectivity index (χ4v) is 1.07. The van der Waals surface area contributed by atoms with E-state index in [9.17, 15) is 17.6 Å². The molecule has 0 saturated heterocycles. The molecule has 1 aromatic carbocycles. The van der Waals surface area contributed by atoms with Crippen LogP contribution in [0, 0.1) is 5.82 Å². The molecule has 0 aliphatic carbocycles. The van der Waals surface area contributed by atoms with Crippen molar-refractivity contribution in [3.8, 4) is 5.75 Å². The highest BCUT2D eigenvalue weighted by Crippen LogP contribution is 2.26. The summed E-state index contributed by atoms with van der Waals surface area (Å²) in [7, 11) is 0. The maximum atomic E-state index is 13.0. The normalized spacial score (nSPS) is 13.7. The average Bonchev–Trinajstić information content (AvgIpc) is 2.05. The summed E-state index contributed by atoms with van der Waals surface area (Å²) in [6.45, 7) is 1.47. The molecule has 0 radical (unpaired) electrons. The van der Waals surface area contributed by atoms with Gasteiger partial charge in [-0.1, -0.05) is 0 Å². The minimum absolute atomic E-state index is 0.0169. The van der Waals surface area contributed by atoms with Crippen molar-refractivity contribution in [1.82, 2.24) is 0 Å². The van der Waals surface area contributed by atoms with Gasteiger partial charge in [-0.25, -0.2) is 4.39 Å². The molecule has 1 unspecified atom stereocenters. The van der Waals surface area contributed by atoms with E-state index in [1.54, 1.807) is 0 Å². The van der Waals surface area contributed by atoms with Crippen LogP contribution in [-0.2, 0) is 0 Å². The van der Waals surface area contributed by atoms with Crippen LogP contribution < -0.4 is 10.5 Å². The first kappa shape index (κ1) is 11.8. The summed E-state index contributed by atoms with van der Waals surface area (Å²) < 4.78 is 52.1. The first-order chi connectivity index (χ1) is 6.79. The third-order valence-corrected chi connectivity index (χ3v) is 1.69. The Morgan fingerprint density at radius 3 is 2.40 bits per heavy atom. The molecule has 0 bridgehead atoms. The molecule has 0 saturated carbocycles. The highest BCUT2D eigenvalue weighted by Gasteiger charge is 2.31. The largest absolute Gasteiger partial charge is 0.573 e. The van der Waals surface area contributed by atoms with Crippen molar-refractivity contribution in [2.75, 3.05) is 0 Å². The lowest BCUT2D eigenvalue weighted by molar-refractivity contribution is -0.274. The van der Waals surface area contributed by atoms with Gasteiger partial charge in [-0.15, -0.1) is 13.2 Å². The van der Waals surface area contributed by atoms with E-state index in [0.717, 1.165) is 18.2 Å². The number of benzene rings is 1. The molecule has 6 heteroatoms. The summed E-state index contributed by atoms with van der Waals surface area (Å²) in [5.74, 6) is -1.13. The monoisotopic (exact) mass is 223 g/mol. The Hall–Kier alpha value is -1.30. The summed E-state index contributed by atoms with van der Waals surface area (Å²) in [5, 5.41) is 0. The van der Waals surface area contributed by atoms with Crippen LogP contribution >= 0.6 is 0 Å². The quantitative estimate of drug-likeness (QED) is 0.782. The van der Waals surface area contributed by atoms with Gasteiger partial charge in [-0.05, 0) is 25.1 Å². The Morgan fingerprint density at radius 1 is 1.33 bits per heavy atom. The summed E-state index contributed by atoms with van der Waals surface area (Å²) in [4.78, 5) is 0. The van der Waals surface area contributed by atoms with Crippen molar-refractivity contribution < 1.29 is 22.3 Å². The third-order valence-electron chi connectivity index (χ3n) is 1.69. The lowest BCUT2D eigenvalue weighted by Crippen LogP contribution is -2.17. The van der Waals surface area contributed by atoms with Gasteiger partial charge in [0.2, 0.25) is 0 Å². The second kappa shape index (κ2) is 4.06. The van der Waals surface area contributed by atoms with E-state index in [-0.39, 0.29) is 5.56 Å². The highest BCUT2D eigenvalue weighted by atomic mass is 19.4. The number of hydrogen-bond donors (Lipinski definition) is 1. The predicted molar refractivity (Wildman–Crippen MR) is 45.7 cm³/mol. The number of ether oxygens (including phenoxy) is 1. The highest BCUT2D eigenvalue weighted by molar-refractivity contribution is 5.31. The predicted octanol–water partition coefficient (Wildman–Crippen LogP) is 2.74. The topological polar surface area (TPSA) is 35.2 Å². The molecule has 1 rings (SSSR count). The Kier molecular flexibility index (Phi) is 3.18. The van der Waals surface area contributed by atoms with Gasteiger partial charge in [-0.3, -0.25) is 0 Å². The van der Waals surface area contributed by atoms with Crippen molar-refractivity contribution in [3.05, 3.63) is 29.6 Å². The summed E-state index contributed by atoms with van der Waals surface area (Å²) >= 11 is 0. The van der Waals surface area contributed by atoms with Crippen molar-refractivity contribution in [2.24, 2.45) is 5.73 Å². The van der Waals surface area contributed by atoms with Crippen LogP contribution in [-0.4, -0.2) is 6.36 Å². The zero-order chi connectivity index (χ0) is 11.6. The third kappa shape index (κ3) is 3.39. The molecule has 84 valence electrons. The zero-order valence-electron chi connectivity index (χ0n) is 7.81. The molecular formula is C9H9F4NO. The van der Waals surface area contributed by atoms with E-state index in [0.29, 0.717) is 0 Å². The van der Waals surface area contributed by atoms with Crippen LogP contribution in [0.15, 0.2) is 18.2 Å². The smallest absolute Gasteiger partial charge is 0.406 e. The molecule has 0 aliphatic heterocycles. The van der Waals surface area contributed by atoms with Gasteiger partial charge in [0, 0.05) is 11.6 Å². The van der Waals surface area contributed by atoms with Crippen LogP contribution in [0.25, 0.3) is 0 Å². The van der Waals surface area contributed by atoms with Crippen molar-refractivity contribution in [2.45, 2.75) is 19.3 Å². The van der Waals surface area contributed by atoms with E-state index in [1.807, 2.05) is 0 Å². The molecule has 0 fully saturated rings.